The van der Waals surface area contributed by atoms with E-state index in [2.05, 4.69) is 31.9 Å². The van der Waals surface area contributed by atoms with Crippen LogP contribution in [0.15, 0.2) is 30.3 Å². The average molecular weight is 709 g/mol. The third-order valence-corrected chi connectivity index (χ3v) is 7.11. The van der Waals surface area contributed by atoms with Crippen molar-refractivity contribution in [2.45, 2.75) is 76.2 Å². The van der Waals surface area contributed by atoms with Crippen molar-refractivity contribution in [2.24, 2.45) is 17.4 Å². The molecule has 1 aromatic rings. The first-order valence-corrected chi connectivity index (χ1v) is 15.9. The van der Waals surface area contributed by atoms with Crippen molar-refractivity contribution in [1.29, 1.82) is 0 Å². The van der Waals surface area contributed by atoms with Crippen LogP contribution in [0.2, 0.25) is 0 Å². The van der Waals surface area contributed by atoms with Crippen LogP contribution in [0.5, 0.6) is 0 Å². The molecular formula is C31H48N8O11. The number of carbonyl (C=O) groups excluding carboxylic acids is 7. The molecule has 0 saturated heterocycles. The molecule has 0 spiro atoms. The van der Waals surface area contributed by atoms with Crippen molar-refractivity contribution in [1.82, 2.24) is 31.9 Å². The highest BCUT2D eigenvalue weighted by Crippen LogP contribution is 2.08. The highest BCUT2D eigenvalue weighted by molar-refractivity contribution is 5.98. The molecule has 0 bridgehead atoms. The average Bonchev–Trinajstić information content (AvgIpc) is 3.05. The lowest BCUT2D eigenvalue weighted by Crippen LogP contribution is -2.60. The van der Waals surface area contributed by atoms with E-state index < -0.39 is 109 Å². The Morgan fingerprint density at radius 1 is 0.740 bits per heavy atom. The van der Waals surface area contributed by atoms with Gasteiger partial charge in [0.15, 0.2) is 0 Å². The predicted molar refractivity (Wildman–Crippen MR) is 176 cm³/mol. The molecule has 1 rings (SSSR count). The van der Waals surface area contributed by atoms with E-state index in [0.717, 1.165) is 5.56 Å². The van der Waals surface area contributed by atoms with Gasteiger partial charge in [0.1, 0.15) is 24.2 Å². The van der Waals surface area contributed by atoms with Crippen LogP contribution in [0.25, 0.3) is 0 Å². The molecule has 0 aromatic heterocycles. The summed E-state index contributed by atoms with van der Waals surface area (Å²) < 4.78 is 0. The minimum absolute atomic E-state index is 0.0308. The number of primary amides is 1. The highest BCUT2D eigenvalue weighted by atomic mass is 16.4. The van der Waals surface area contributed by atoms with Gasteiger partial charge in [-0.1, -0.05) is 44.2 Å². The van der Waals surface area contributed by atoms with E-state index in [1.54, 1.807) is 44.2 Å². The fourth-order valence-electron chi connectivity index (χ4n) is 4.37. The first-order valence-electron chi connectivity index (χ1n) is 15.9. The zero-order chi connectivity index (χ0) is 37.8. The highest BCUT2D eigenvalue weighted by Gasteiger charge is 2.33. The maximum absolute atomic E-state index is 13.4. The Morgan fingerprint density at radius 2 is 1.32 bits per heavy atom. The predicted octanol–water partition coefficient (Wildman–Crippen LogP) is -4.50. The van der Waals surface area contributed by atoms with Crippen LogP contribution in [0.3, 0.4) is 0 Å². The zero-order valence-electron chi connectivity index (χ0n) is 28.0. The normalized spacial score (nSPS) is 13.8. The standard InChI is InChI=1S/C31H48N8O11/c1-17(2)26(31(50)35-15-24(43)34-11-6-12-40)39-30(49)22(16-41)38-29(48)21(14-23(33)42)37-28(47)20(10-9-18-7-4-3-5-8-18)36-27(46)19(32)13-25(44)45/h3-5,7-8,17,19-22,26,40-41H,6,9-16,32H2,1-2H3,(H2,33,42)(H,34,43)(H,35,50)(H,36,46)(H,37,47)(H,38,48)(H,39,49)(H,44,45)/t19-,20-,21-,22-,26-/m0/s1. The van der Waals surface area contributed by atoms with Gasteiger partial charge < -0.3 is 58.7 Å². The van der Waals surface area contributed by atoms with Gasteiger partial charge in [-0.05, 0) is 30.7 Å². The summed E-state index contributed by atoms with van der Waals surface area (Å²) >= 11 is 0. The minimum Gasteiger partial charge on any atom is -0.481 e. The van der Waals surface area contributed by atoms with Gasteiger partial charge in [0, 0.05) is 13.2 Å². The summed E-state index contributed by atoms with van der Waals surface area (Å²) in [6.45, 7) is 1.86. The van der Waals surface area contributed by atoms with Crippen molar-refractivity contribution < 1.29 is 53.7 Å². The van der Waals surface area contributed by atoms with E-state index in [1.165, 1.54) is 0 Å². The fraction of sp³-hybridized carbons (Fsp3) is 0.548. The zero-order valence-corrected chi connectivity index (χ0v) is 28.0. The minimum atomic E-state index is -1.70. The van der Waals surface area contributed by atoms with Crippen molar-refractivity contribution >= 4 is 47.3 Å². The molecule has 0 radical (unpaired) electrons. The third kappa shape index (κ3) is 16.3. The summed E-state index contributed by atoms with van der Waals surface area (Å²) in [5.74, 6) is -8.20. The second kappa shape index (κ2) is 22.5. The number of hydrogen-bond donors (Lipinski definition) is 11. The molecule has 0 aliphatic heterocycles. The number of carboxylic acids is 1. The SMILES string of the molecule is CC(C)[C@H](NC(=O)[C@H](CO)NC(=O)[C@H](CC(N)=O)NC(=O)[C@H](CCc1ccccc1)NC(=O)[C@@H](N)CC(=O)O)C(=O)NCC(=O)NCCCO. The van der Waals surface area contributed by atoms with Gasteiger partial charge in [-0.15, -0.1) is 0 Å². The monoisotopic (exact) mass is 708 g/mol. The van der Waals surface area contributed by atoms with Crippen molar-refractivity contribution in [2.75, 3.05) is 26.3 Å². The van der Waals surface area contributed by atoms with Gasteiger partial charge in [0.25, 0.3) is 0 Å². The first-order chi connectivity index (χ1) is 23.6. The quantitative estimate of drug-likeness (QED) is 0.0479. The molecule has 13 N–H and O–H groups in total. The molecule has 0 unspecified atom stereocenters. The number of rotatable bonds is 23. The second-order valence-corrected chi connectivity index (χ2v) is 11.6. The van der Waals surface area contributed by atoms with E-state index in [1.807, 2.05) is 0 Å². The Morgan fingerprint density at radius 3 is 1.88 bits per heavy atom. The number of hydrogen-bond acceptors (Lipinski definition) is 11. The second-order valence-electron chi connectivity index (χ2n) is 11.6. The molecular weight excluding hydrogens is 660 g/mol. The Hall–Kier alpha value is -5.14. The van der Waals surface area contributed by atoms with Gasteiger partial charge in [-0.2, -0.15) is 0 Å². The van der Waals surface area contributed by atoms with Crippen LogP contribution in [-0.2, 0) is 44.8 Å². The van der Waals surface area contributed by atoms with Crippen molar-refractivity contribution in [3.8, 4) is 0 Å². The number of amides is 7. The summed E-state index contributed by atoms with van der Waals surface area (Å²) in [4.78, 5) is 99.8. The van der Waals surface area contributed by atoms with E-state index in [-0.39, 0.29) is 26.0 Å². The first kappa shape index (κ1) is 42.9. The summed E-state index contributed by atoms with van der Waals surface area (Å²) in [6, 6.07) is 1.38. The lowest BCUT2D eigenvalue weighted by atomic mass is 10.0. The molecule has 0 saturated carbocycles. The van der Waals surface area contributed by atoms with Crippen LogP contribution in [-0.4, -0.2) is 119 Å². The number of aliphatic carboxylic acids is 1. The molecule has 1 aromatic carbocycles. The van der Waals surface area contributed by atoms with Gasteiger partial charge in [-0.25, -0.2) is 0 Å². The summed E-state index contributed by atoms with van der Waals surface area (Å²) in [7, 11) is 0. The van der Waals surface area contributed by atoms with Crippen LogP contribution in [0.1, 0.15) is 45.1 Å². The van der Waals surface area contributed by atoms with Crippen LogP contribution in [0.4, 0.5) is 0 Å². The lowest BCUT2D eigenvalue weighted by molar-refractivity contribution is -0.140. The number of nitrogens with two attached hydrogens (primary N) is 2. The molecule has 0 heterocycles. The van der Waals surface area contributed by atoms with Crippen LogP contribution >= 0.6 is 0 Å². The van der Waals surface area contributed by atoms with Gasteiger partial charge in [-0.3, -0.25) is 38.4 Å². The smallest absolute Gasteiger partial charge is 0.305 e. The Bertz CT molecular complexity index is 1330. The number of aliphatic hydroxyl groups excluding tert-OH is 2. The number of nitrogens with one attached hydrogen (secondary N) is 6. The van der Waals surface area contributed by atoms with E-state index >= 15 is 0 Å². The van der Waals surface area contributed by atoms with Gasteiger partial charge in [0.05, 0.1) is 32.0 Å². The Balaban J connectivity index is 3.06. The number of carboxylic acid groups (broad SMARTS) is 1. The van der Waals surface area contributed by atoms with Crippen LogP contribution in [0, 0.1) is 5.92 Å². The number of aryl methyl sites for hydroxylation is 1. The van der Waals surface area contributed by atoms with Crippen molar-refractivity contribution in [3.63, 3.8) is 0 Å². The summed E-state index contributed by atoms with van der Waals surface area (Å²) in [5, 5.41) is 41.8. The summed E-state index contributed by atoms with van der Waals surface area (Å²) in [5.41, 5.74) is 11.7. The molecule has 0 fully saturated rings. The molecule has 0 aliphatic carbocycles. The van der Waals surface area contributed by atoms with E-state index in [4.69, 9.17) is 21.7 Å². The molecule has 5 atom stereocenters. The molecule has 19 nitrogen and oxygen atoms in total. The number of carbonyl (C=O) groups is 8. The van der Waals surface area contributed by atoms with Gasteiger partial charge in [0.2, 0.25) is 41.4 Å². The van der Waals surface area contributed by atoms with E-state index in [0.29, 0.717) is 6.42 Å². The number of benzene rings is 1. The Labute approximate surface area is 288 Å². The van der Waals surface area contributed by atoms with Crippen molar-refractivity contribution in [3.05, 3.63) is 35.9 Å². The molecule has 7 amide bonds. The maximum Gasteiger partial charge on any atom is 0.305 e. The Kier molecular flexibility index (Phi) is 19.3. The largest absolute Gasteiger partial charge is 0.481 e. The van der Waals surface area contributed by atoms with Gasteiger partial charge >= 0.3 is 5.97 Å². The van der Waals surface area contributed by atoms with E-state index in [9.17, 15) is 43.5 Å². The topological polar surface area (TPSA) is 321 Å². The lowest BCUT2D eigenvalue weighted by Gasteiger charge is -2.26. The molecule has 278 valence electrons. The molecule has 19 heteroatoms. The summed E-state index contributed by atoms with van der Waals surface area (Å²) in [6.07, 6.45) is -0.942. The van der Waals surface area contributed by atoms with Crippen LogP contribution < -0.4 is 43.4 Å². The molecule has 50 heavy (non-hydrogen) atoms. The maximum atomic E-state index is 13.4. The molecule has 0 aliphatic rings. The fourth-order valence-corrected chi connectivity index (χ4v) is 4.37. The number of aliphatic hydroxyl groups is 2. The third-order valence-electron chi connectivity index (χ3n) is 7.11.